The van der Waals surface area contributed by atoms with Crippen molar-refractivity contribution in [2.75, 3.05) is 17.7 Å². The molecule has 9 heteroatoms. The van der Waals surface area contributed by atoms with Crippen LogP contribution in [0.2, 0.25) is 0 Å². The monoisotopic (exact) mass is 495 g/mol. The van der Waals surface area contributed by atoms with E-state index in [1.165, 1.54) is 0 Å². The molecule has 2 aromatic heterocycles. The van der Waals surface area contributed by atoms with Crippen molar-refractivity contribution in [1.82, 2.24) is 14.3 Å². The molecule has 3 aromatic rings. The Morgan fingerprint density at radius 3 is 2.78 bits per heavy atom. The number of anilines is 3. The highest BCUT2D eigenvalue weighted by molar-refractivity contribution is 14.2. The lowest BCUT2D eigenvalue weighted by Gasteiger charge is -2.13. The van der Waals surface area contributed by atoms with E-state index in [4.69, 9.17) is 4.74 Å². The van der Waals surface area contributed by atoms with Gasteiger partial charge in [0.1, 0.15) is 22.9 Å². The van der Waals surface area contributed by atoms with Crippen molar-refractivity contribution in [3.8, 4) is 5.75 Å². The van der Waals surface area contributed by atoms with E-state index in [2.05, 4.69) is 47.0 Å². The molecule has 140 valence electrons. The van der Waals surface area contributed by atoms with Gasteiger partial charge in [-0.15, -0.1) is 0 Å². The fourth-order valence-corrected chi connectivity index (χ4v) is 5.02. The number of carbonyl (C=O) groups excluding carboxylic acids is 1. The lowest BCUT2D eigenvalue weighted by molar-refractivity contribution is -0.117. The van der Waals surface area contributed by atoms with Crippen LogP contribution in [0.15, 0.2) is 30.3 Å². The standard InChI is InChI=1S/C18H19IN5O2P/c1-10-20-16-13(21-12-5-3-4-6-14(12)26-2)9-15(22-17(16)24(10)27-19)23-18(25)11-7-8-11/h3-6,9,11,27H,7-8H2,1-2H3,(H2,21,22,23,25). The molecule has 0 aliphatic heterocycles. The number of hydrogen-bond acceptors (Lipinski definition) is 5. The third kappa shape index (κ3) is 3.73. The molecule has 1 aliphatic rings. The summed E-state index contributed by atoms with van der Waals surface area (Å²) >= 11 is 2.31. The highest BCUT2D eigenvalue weighted by atomic mass is 127. The zero-order valence-corrected chi connectivity index (χ0v) is 18.1. The summed E-state index contributed by atoms with van der Waals surface area (Å²) in [6.45, 7) is 1.96. The zero-order chi connectivity index (χ0) is 19.0. The Kier molecular flexibility index (Phi) is 5.19. The molecule has 27 heavy (non-hydrogen) atoms. The molecule has 1 aliphatic carbocycles. The van der Waals surface area contributed by atoms with E-state index in [0.29, 0.717) is 12.2 Å². The van der Waals surface area contributed by atoms with Gasteiger partial charge in [-0.2, -0.15) is 0 Å². The third-order valence-electron chi connectivity index (χ3n) is 4.44. The summed E-state index contributed by atoms with van der Waals surface area (Å²) in [5, 5.41) is 6.35. The Balaban J connectivity index is 1.80. The summed E-state index contributed by atoms with van der Waals surface area (Å²) in [6, 6.07) is 9.53. The number of imidazole rings is 1. The first-order chi connectivity index (χ1) is 13.1. The average molecular weight is 495 g/mol. The topological polar surface area (TPSA) is 81.1 Å². The van der Waals surface area contributed by atoms with Crippen LogP contribution in [-0.4, -0.2) is 27.3 Å². The van der Waals surface area contributed by atoms with Gasteiger partial charge in [0.25, 0.3) is 0 Å². The van der Waals surface area contributed by atoms with Crippen LogP contribution in [0, 0.1) is 12.8 Å². The third-order valence-corrected chi connectivity index (χ3v) is 6.60. The van der Waals surface area contributed by atoms with Gasteiger partial charge in [-0.1, -0.05) is 12.1 Å². The molecule has 0 bridgehead atoms. The Morgan fingerprint density at radius 1 is 1.30 bits per heavy atom. The molecule has 0 radical (unpaired) electrons. The molecule has 1 amide bonds. The minimum atomic E-state index is 0.0322. The number of fused-ring (bicyclic) bond motifs is 1. The Bertz CT molecular complexity index is 1020. The number of ether oxygens (including phenoxy) is 1. The number of aryl methyl sites for hydroxylation is 1. The molecule has 7 nitrogen and oxygen atoms in total. The summed E-state index contributed by atoms with van der Waals surface area (Å²) in [4.78, 5) is 21.6. The predicted octanol–water partition coefficient (Wildman–Crippen LogP) is 4.63. The number of pyridine rings is 1. The van der Waals surface area contributed by atoms with Crippen LogP contribution in [0.1, 0.15) is 18.7 Å². The van der Waals surface area contributed by atoms with Crippen LogP contribution in [-0.2, 0) is 4.79 Å². The van der Waals surface area contributed by atoms with Gasteiger partial charge in [0.15, 0.2) is 5.65 Å². The molecule has 1 saturated carbocycles. The maximum Gasteiger partial charge on any atom is 0.228 e. The van der Waals surface area contributed by atoms with E-state index in [-0.39, 0.29) is 11.8 Å². The number of para-hydroxylation sites is 2. The first-order valence-corrected chi connectivity index (χ1v) is 12.6. The second-order valence-corrected chi connectivity index (χ2v) is 8.46. The first kappa shape index (κ1) is 18.4. The minimum Gasteiger partial charge on any atom is -0.495 e. The number of benzene rings is 1. The van der Waals surface area contributed by atoms with Crippen LogP contribution >= 0.6 is 28.4 Å². The fraction of sp³-hybridized carbons (Fsp3) is 0.278. The van der Waals surface area contributed by atoms with Gasteiger partial charge < -0.3 is 15.4 Å². The van der Waals surface area contributed by atoms with Crippen LogP contribution in [0.3, 0.4) is 0 Å². The molecule has 0 saturated heterocycles. The Labute approximate surface area is 171 Å². The number of nitrogens with one attached hydrogen (secondary N) is 2. The van der Waals surface area contributed by atoms with Crippen molar-refractivity contribution in [3.63, 3.8) is 0 Å². The summed E-state index contributed by atoms with van der Waals surface area (Å²) < 4.78 is 7.49. The van der Waals surface area contributed by atoms with Crippen LogP contribution in [0.25, 0.3) is 11.2 Å². The summed E-state index contributed by atoms with van der Waals surface area (Å²) in [7, 11) is 1.64. The highest BCUT2D eigenvalue weighted by Gasteiger charge is 2.30. The number of methoxy groups -OCH3 is 1. The largest absolute Gasteiger partial charge is 0.495 e. The van der Waals surface area contributed by atoms with Gasteiger partial charge >= 0.3 is 0 Å². The van der Waals surface area contributed by atoms with Crippen molar-refractivity contribution < 1.29 is 9.53 Å². The Morgan fingerprint density at radius 2 is 2.07 bits per heavy atom. The lowest BCUT2D eigenvalue weighted by atomic mass is 10.2. The molecular weight excluding hydrogens is 476 g/mol. The summed E-state index contributed by atoms with van der Waals surface area (Å²) in [6.07, 6.45) is 2.37. The SMILES string of the molecule is COc1ccccc1Nc1cc(NC(=O)C2CC2)nc2c1nc(C)n2PI. The number of halogens is 1. The predicted molar refractivity (Wildman–Crippen MR) is 118 cm³/mol. The van der Waals surface area contributed by atoms with Gasteiger partial charge in [0.2, 0.25) is 5.91 Å². The number of hydrogen-bond donors (Lipinski definition) is 2. The molecule has 1 aromatic carbocycles. The molecule has 1 fully saturated rings. The molecule has 2 heterocycles. The van der Waals surface area contributed by atoms with Gasteiger partial charge in [0, 0.05) is 12.0 Å². The van der Waals surface area contributed by atoms with Crippen molar-refractivity contribution in [3.05, 3.63) is 36.2 Å². The number of rotatable bonds is 6. The quantitative estimate of drug-likeness (QED) is 0.385. The van der Waals surface area contributed by atoms with Gasteiger partial charge in [-0.05, 0) is 53.9 Å². The smallest absolute Gasteiger partial charge is 0.228 e. The van der Waals surface area contributed by atoms with Crippen molar-refractivity contribution in [2.24, 2.45) is 5.92 Å². The molecule has 4 rings (SSSR count). The van der Waals surface area contributed by atoms with E-state index in [1.54, 1.807) is 7.11 Å². The molecule has 1 unspecified atom stereocenters. The van der Waals surface area contributed by atoms with E-state index in [1.807, 2.05) is 37.3 Å². The van der Waals surface area contributed by atoms with Crippen molar-refractivity contribution in [2.45, 2.75) is 19.8 Å². The van der Waals surface area contributed by atoms with E-state index >= 15 is 0 Å². The lowest BCUT2D eigenvalue weighted by Crippen LogP contribution is -2.14. The number of nitrogens with zero attached hydrogens (tertiary/aromatic N) is 3. The molecule has 0 spiro atoms. The second-order valence-electron chi connectivity index (χ2n) is 6.40. The van der Waals surface area contributed by atoms with Crippen LogP contribution < -0.4 is 15.4 Å². The van der Waals surface area contributed by atoms with Gasteiger partial charge in [-0.3, -0.25) is 9.13 Å². The highest BCUT2D eigenvalue weighted by Crippen LogP contribution is 2.37. The minimum absolute atomic E-state index is 0.0322. The summed E-state index contributed by atoms with van der Waals surface area (Å²) in [5.74, 6) is 2.31. The van der Waals surface area contributed by atoms with Crippen molar-refractivity contribution >= 4 is 62.7 Å². The average Bonchev–Trinajstić information content (AvgIpc) is 3.46. The molecule has 2 N–H and O–H groups in total. The maximum absolute atomic E-state index is 12.2. The number of aromatic nitrogens is 3. The number of amides is 1. The number of carbonyl (C=O) groups is 1. The fourth-order valence-electron chi connectivity index (χ4n) is 2.88. The van der Waals surface area contributed by atoms with Crippen LogP contribution in [0.4, 0.5) is 17.2 Å². The van der Waals surface area contributed by atoms with E-state index < -0.39 is 0 Å². The van der Waals surface area contributed by atoms with Crippen molar-refractivity contribution in [1.29, 1.82) is 0 Å². The van der Waals surface area contributed by atoms with E-state index in [0.717, 1.165) is 47.0 Å². The molecule has 1 atom stereocenters. The van der Waals surface area contributed by atoms with Gasteiger partial charge in [0.05, 0.1) is 24.9 Å². The second kappa shape index (κ2) is 7.59. The molecular formula is C18H19IN5O2P. The van der Waals surface area contributed by atoms with Crippen LogP contribution in [0.5, 0.6) is 5.75 Å². The first-order valence-electron chi connectivity index (χ1n) is 8.58. The normalized spacial score (nSPS) is 14.0. The summed E-state index contributed by atoms with van der Waals surface area (Å²) in [5.41, 5.74) is 3.14. The van der Waals surface area contributed by atoms with Gasteiger partial charge in [-0.25, -0.2) is 9.97 Å². The zero-order valence-electron chi connectivity index (χ0n) is 14.9. The Hall–Kier alpha value is -1.93. The maximum atomic E-state index is 12.2. The van der Waals surface area contributed by atoms with E-state index in [9.17, 15) is 4.79 Å².